The van der Waals surface area contributed by atoms with E-state index in [0.29, 0.717) is 0 Å². The summed E-state index contributed by atoms with van der Waals surface area (Å²) in [6, 6.07) is 0. The van der Waals surface area contributed by atoms with Crippen LogP contribution in [0.4, 0.5) is 0 Å². The predicted octanol–water partition coefficient (Wildman–Crippen LogP) is -2.97. The van der Waals surface area contributed by atoms with E-state index < -0.39 is 0 Å². The zero-order valence-corrected chi connectivity index (χ0v) is 9.72. The Labute approximate surface area is 100 Å². The Morgan fingerprint density at radius 3 is 2.22 bits per heavy atom. The minimum Gasteiger partial charge on any atom is -0.457 e. The smallest absolute Gasteiger partial charge is 0.457 e. The second kappa shape index (κ2) is 5.24. The van der Waals surface area contributed by atoms with Crippen molar-refractivity contribution in [3.63, 3.8) is 0 Å². The fourth-order valence-electron chi connectivity index (χ4n) is 0.790. The van der Waals surface area contributed by atoms with E-state index in [-0.39, 0.29) is 51.4 Å². The van der Waals surface area contributed by atoms with Crippen molar-refractivity contribution in [2.75, 3.05) is 33.7 Å². The number of likely N-dealkylation sites (N-methyl/N-ethyl adjacent to an activating group) is 2. The van der Waals surface area contributed by atoms with Gasteiger partial charge in [0.15, 0.2) is 0 Å². The molecule has 0 bridgehead atoms. The average molecular weight is 152 g/mol. The number of nitrogens with zero attached hydrogens (tertiary/aromatic N) is 2. The Hall–Kier alpha value is 1.56. The maximum Gasteiger partial charge on any atom is 1.00 e. The molecule has 0 aromatic rings. The maximum atomic E-state index is 2.31. The molecule has 3 heteroatoms. The van der Waals surface area contributed by atoms with Crippen molar-refractivity contribution in [3.8, 4) is 0 Å². The van der Waals surface area contributed by atoms with E-state index in [0.717, 1.165) is 6.54 Å². The molecule has 0 spiro atoms. The summed E-state index contributed by atoms with van der Waals surface area (Å²) in [4.78, 5) is 4.54. The molecular formula is C6H13KN2. The van der Waals surface area contributed by atoms with E-state index in [4.69, 9.17) is 0 Å². The Morgan fingerprint density at radius 1 is 1.22 bits per heavy atom. The molecule has 1 heterocycles. The van der Waals surface area contributed by atoms with Gasteiger partial charge in [-0.3, -0.25) is 6.54 Å². The molecule has 0 N–H and O–H groups in total. The Balaban J connectivity index is 0.000000640. The summed E-state index contributed by atoms with van der Waals surface area (Å²) >= 11 is 0. The summed E-state index contributed by atoms with van der Waals surface area (Å²) in [5, 5.41) is 0. The van der Waals surface area contributed by atoms with Gasteiger partial charge in [0.25, 0.3) is 0 Å². The first-order valence-corrected chi connectivity index (χ1v) is 3.01. The Bertz CT molecular complexity index is 59.5. The van der Waals surface area contributed by atoms with Crippen LogP contribution in [0.5, 0.6) is 0 Å². The fourth-order valence-corrected chi connectivity index (χ4v) is 0.790. The average Bonchev–Trinajstić information content (AvgIpc) is 1.77. The van der Waals surface area contributed by atoms with Crippen molar-refractivity contribution in [1.29, 1.82) is 0 Å². The third-order valence-corrected chi connectivity index (χ3v) is 1.54. The summed E-state index contributed by atoms with van der Waals surface area (Å²) in [5.41, 5.74) is 0. The molecule has 1 aliphatic rings. The molecule has 1 rings (SSSR count). The van der Waals surface area contributed by atoms with Gasteiger partial charge in [0.05, 0.1) is 0 Å². The van der Waals surface area contributed by atoms with Crippen molar-refractivity contribution in [3.05, 3.63) is 6.54 Å². The van der Waals surface area contributed by atoms with Gasteiger partial charge in [-0.1, -0.05) is 0 Å². The molecule has 0 aromatic heterocycles. The SMILES string of the molecule is CN1[CH-]CN(C)CC1.[K+]. The van der Waals surface area contributed by atoms with Crippen molar-refractivity contribution in [2.45, 2.75) is 0 Å². The standard InChI is InChI=1S/C6H13N2.K/c1-7-3-5-8(2)6-4-7;/h3H,4-6H2,1-2H3;/q-1;+1. The molecule has 48 valence electrons. The Kier molecular flexibility index (Phi) is 6.14. The monoisotopic (exact) mass is 152 g/mol. The van der Waals surface area contributed by atoms with Gasteiger partial charge < -0.3 is 9.80 Å². The summed E-state index contributed by atoms with van der Waals surface area (Å²) in [5.74, 6) is 0. The number of hydrogen-bond donors (Lipinski definition) is 0. The van der Waals surface area contributed by atoms with Crippen molar-refractivity contribution in [2.24, 2.45) is 0 Å². The van der Waals surface area contributed by atoms with Gasteiger partial charge in [0.2, 0.25) is 0 Å². The second-order valence-electron chi connectivity index (χ2n) is 2.43. The quantitative estimate of drug-likeness (QED) is 0.270. The van der Waals surface area contributed by atoms with Crippen LogP contribution in [0.15, 0.2) is 0 Å². The maximum absolute atomic E-state index is 2.31. The van der Waals surface area contributed by atoms with E-state index in [2.05, 4.69) is 30.4 Å². The van der Waals surface area contributed by atoms with Gasteiger partial charge in [-0.2, -0.15) is 0 Å². The van der Waals surface area contributed by atoms with Crippen LogP contribution in [0.3, 0.4) is 0 Å². The molecule has 0 aromatic carbocycles. The number of hydrogen-bond acceptors (Lipinski definition) is 2. The van der Waals surface area contributed by atoms with Gasteiger partial charge in [0.1, 0.15) is 0 Å². The van der Waals surface area contributed by atoms with Gasteiger partial charge in [-0.25, -0.2) is 0 Å². The minimum absolute atomic E-state index is 0. The van der Waals surface area contributed by atoms with Crippen molar-refractivity contribution >= 4 is 0 Å². The molecule has 1 aliphatic heterocycles. The summed E-state index contributed by atoms with van der Waals surface area (Å²) in [6.07, 6.45) is 0. The molecule has 0 unspecified atom stereocenters. The van der Waals surface area contributed by atoms with Gasteiger partial charge in [-0.05, 0) is 20.6 Å². The molecule has 0 amide bonds. The van der Waals surface area contributed by atoms with Crippen LogP contribution < -0.4 is 51.4 Å². The third-order valence-electron chi connectivity index (χ3n) is 1.54. The molecule has 1 saturated heterocycles. The molecule has 0 aliphatic carbocycles. The molecule has 0 atom stereocenters. The summed E-state index contributed by atoms with van der Waals surface area (Å²) < 4.78 is 0. The molecule has 2 nitrogen and oxygen atoms in total. The normalized spacial score (nSPS) is 23.3. The zero-order chi connectivity index (χ0) is 5.98. The fraction of sp³-hybridized carbons (Fsp3) is 0.833. The van der Waals surface area contributed by atoms with Crippen LogP contribution in [-0.4, -0.2) is 43.5 Å². The second-order valence-corrected chi connectivity index (χ2v) is 2.43. The van der Waals surface area contributed by atoms with Crippen LogP contribution in [0.1, 0.15) is 0 Å². The van der Waals surface area contributed by atoms with E-state index in [1.807, 2.05) is 0 Å². The van der Waals surface area contributed by atoms with Crippen molar-refractivity contribution < 1.29 is 51.4 Å². The topological polar surface area (TPSA) is 6.48 Å². The number of rotatable bonds is 0. The van der Waals surface area contributed by atoms with E-state index in [1.54, 1.807) is 0 Å². The summed E-state index contributed by atoms with van der Waals surface area (Å²) in [6.45, 7) is 5.70. The third kappa shape index (κ3) is 4.09. The van der Waals surface area contributed by atoms with Crippen molar-refractivity contribution in [1.82, 2.24) is 9.80 Å². The van der Waals surface area contributed by atoms with Crippen LogP contribution >= 0.6 is 0 Å². The molecule has 9 heavy (non-hydrogen) atoms. The van der Waals surface area contributed by atoms with E-state index in [9.17, 15) is 0 Å². The van der Waals surface area contributed by atoms with E-state index >= 15 is 0 Å². The molecule has 1 fully saturated rings. The molecule has 0 radical (unpaired) electrons. The Morgan fingerprint density at radius 2 is 1.89 bits per heavy atom. The van der Waals surface area contributed by atoms with E-state index in [1.165, 1.54) is 13.1 Å². The predicted molar refractivity (Wildman–Crippen MR) is 34.4 cm³/mol. The minimum atomic E-state index is 0. The zero-order valence-electron chi connectivity index (χ0n) is 6.59. The molecular weight excluding hydrogens is 139 g/mol. The van der Waals surface area contributed by atoms with Gasteiger partial charge in [0, 0.05) is 6.54 Å². The first-order valence-electron chi connectivity index (χ1n) is 3.01. The first-order chi connectivity index (χ1) is 3.79. The molecule has 0 saturated carbocycles. The van der Waals surface area contributed by atoms with Crippen LogP contribution in [0.25, 0.3) is 0 Å². The van der Waals surface area contributed by atoms with Crippen LogP contribution in [-0.2, 0) is 0 Å². The van der Waals surface area contributed by atoms with Gasteiger partial charge >= 0.3 is 51.4 Å². The number of piperazine rings is 1. The summed E-state index contributed by atoms with van der Waals surface area (Å²) in [7, 11) is 4.26. The van der Waals surface area contributed by atoms with Gasteiger partial charge in [-0.15, -0.1) is 6.54 Å². The largest absolute Gasteiger partial charge is 1.00 e. The first kappa shape index (κ1) is 10.6. The van der Waals surface area contributed by atoms with Crippen LogP contribution in [0, 0.1) is 6.54 Å². The van der Waals surface area contributed by atoms with Crippen LogP contribution in [0.2, 0.25) is 0 Å².